The van der Waals surface area contributed by atoms with Crippen LogP contribution in [-0.4, -0.2) is 28.3 Å². The van der Waals surface area contributed by atoms with Crippen molar-refractivity contribution in [2.24, 2.45) is 11.7 Å². The summed E-state index contributed by atoms with van der Waals surface area (Å²) in [6.07, 6.45) is 0. The smallest absolute Gasteiger partial charge is 0.339 e. The zero-order chi connectivity index (χ0) is 11.0. The molecule has 0 bridgehead atoms. The quantitative estimate of drug-likeness (QED) is 0.423. The van der Waals surface area contributed by atoms with Crippen LogP contribution in [0, 0.1) is 5.92 Å². The molecule has 0 aromatic carbocycles. The third-order valence-corrected chi connectivity index (χ3v) is 1.13. The molecule has 0 heterocycles. The molecule has 6 heteroatoms. The normalized spacial score (nSPS) is 11.2. The van der Waals surface area contributed by atoms with Gasteiger partial charge in [0.15, 0.2) is 0 Å². The minimum atomic E-state index is -0.931. The largest absolute Gasteiger partial charge is 0.480 e. The summed E-state index contributed by atoms with van der Waals surface area (Å²) in [4.78, 5) is 22.5. The Morgan fingerprint density at radius 1 is 1.38 bits per heavy atom. The van der Waals surface area contributed by atoms with Gasteiger partial charge in [-0.2, -0.15) is 5.26 Å². The summed E-state index contributed by atoms with van der Waals surface area (Å²) in [5.74, 6) is -1.60. The lowest BCUT2D eigenvalue weighted by Gasteiger charge is -2.07. The minimum absolute atomic E-state index is 0.0208. The van der Waals surface area contributed by atoms with Crippen molar-refractivity contribution in [3.63, 3.8) is 0 Å². The number of hydrogen-bond acceptors (Lipinski definition) is 5. The summed E-state index contributed by atoms with van der Waals surface area (Å²) < 4.78 is 0. The highest BCUT2D eigenvalue weighted by molar-refractivity contribution is 5.73. The Morgan fingerprint density at radius 2 is 1.69 bits per heavy atom. The predicted molar refractivity (Wildman–Crippen MR) is 44.8 cm³/mol. The molecule has 0 aliphatic rings. The van der Waals surface area contributed by atoms with Crippen molar-refractivity contribution in [1.29, 1.82) is 0 Å². The fourth-order valence-corrected chi connectivity index (χ4v) is 0.285. The second kappa shape index (κ2) is 7.51. The van der Waals surface area contributed by atoms with Crippen LogP contribution in [0.2, 0.25) is 0 Å². The van der Waals surface area contributed by atoms with Gasteiger partial charge in [-0.05, 0) is 5.92 Å². The molecular formula is C7H15NO5. The maximum absolute atomic E-state index is 10.0. The minimum Gasteiger partial charge on any atom is -0.480 e. The third-order valence-electron chi connectivity index (χ3n) is 1.13. The lowest BCUT2D eigenvalue weighted by atomic mass is 10.1. The zero-order valence-electron chi connectivity index (χ0n) is 7.85. The summed E-state index contributed by atoms with van der Waals surface area (Å²) in [6, 6.07) is -0.713. The van der Waals surface area contributed by atoms with Gasteiger partial charge in [0.1, 0.15) is 6.04 Å². The molecule has 0 saturated heterocycles. The number of hydrogen-bond donors (Lipinski definition) is 3. The molecule has 1 atom stereocenters. The number of carbonyl (C=O) groups is 2. The van der Waals surface area contributed by atoms with E-state index in [0.29, 0.717) is 0 Å². The Balaban J connectivity index is 0. The summed E-state index contributed by atoms with van der Waals surface area (Å²) in [5.41, 5.74) is 5.16. The van der Waals surface area contributed by atoms with E-state index in [1.807, 2.05) is 0 Å². The topological polar surface area (TPSA) is 110 Å². The number of carboxylic acids is 1. The van der Waals surface area contributed by atoms with Crippen molar-refractivity contribution >= 4 is 11.9 Å². The lowest BCUT2D eigenvalue weighted by molar-refractivity contribution is -0.231. The van der Waals surface area contributed by atoms with E-state index in [1.54, 1.807) is 13.8 Å². The molecule has 0 saturated carbocycles. The highest BCUT2D eigenvalue weighted by Crippen LogP contribution is 1.96. The average molecular weight is 193 g/mol. The van der Waals surface area contributed by atoms with Gasteiger partial charge >= 0.3 is 11.9 Å². The highest BCUT2D eigenvalue weighted by atomic mass is 17.1. The van der Waals surface area contributed by atoms with Crippen LogP contribution < -0.4 is 5.73 Å². The first kappa shape index (κ1) is 14.4. The van der Waals surface area contributed by atoms with Gasteiger partial charge in [-0.15, -0.1) is 0 Å². The van der Waals surface area contributed by atoms with E-state index in [2.05, 4.69) is 4.89 Å². The van der Waals surface area contributed by atoms with Gasteiger partial charge in [0, 0.05) is 6.92 Å². The molecule has 4 N–H and O–H groups in total. The van der Waals surface area contributed by atoms with Crippen molar-refractivity contribution in [2.75, 3.05) is 0 Å². The van der Waals surface area contributed by atoms with Crippen LogP contribution in [0.1, 0.15) is 20.8 Å². The van der Waals surface area contributed by atoms with Crippen molar-refractivity contribution in [2.45, 2.75) is 26.8 Å². The number of aliphatic carboxylic acids is 1. The van der Waals surface area contributed by atoms with Gasteiger partial charge in [0.2, 0.25) is 0 Å². The maximum atomic E-state index is 10.0. The van der Waals surface area contributed by atoms with Crippen molar-refractivity contribution in [3.8, 4) is 0 Å². The van der Waals surface area contributed by atoms with Crippen LogP contribution in [-0.2, 0) is 14.5 Å². The summed E-state index contributed by atoms with van der Waals surface area (Å²) in [6.45, 7) is 4.66. The van der Waals surface area contributed by atoms with Crippen LogP contribution in [0.15, 0.2) is 0 Å². The van der Waals surface area contributed by atoms with E-state index in [4.69, 9.17) is 16.1 Å². The number of carboxylic acid groups (broad SMARTS) is 1. The summed E-state index contributed by atoms with van der Waals surface area (Å²) in [7, 11) is 0. The predicted octanol–water partition coefficient (Wildman–Crippen LogP) is 0.0768. The van der Waals surface area contributed by atoms with Crippen molar-refractivity contribution in [3.05, 3.63) is 0 Å². The average Bonchev–Trinajstić information content (AvgIpc) is 2.03. The van der Waals surface area contributed by atoms with Gasteiger partial charge in [-0.1, -0.05) is 13.8 Å². The molecule has 13 heavy (non-hydrogen) atoms. The van der Waals surface area contributed by atoms with Crippen molar-refractivity contribution < 1.29 is 24.8 Å². The summed E-state index contributed by atoms with van der Waals surface area (Å²) in [5, 5.41) is 15.5. The number of rotatable bonds is 2. The molecule has 78 valence electrons. The molecule has 0 fully saturated rings. The second-order valence-electron chi connectivity index (χ2n) is 2.69. The van der Waals surface area contributed by atoms with Crippen LogP contribution >= 0.6 is 0 Å². The molecule has 0 aliphatic heterocycles. The van der Waals surface area contributed by atoms with Crippen LogP contribution in [0.3, 0.4) is 0 Å². The van der Waals surface area contributed by atoms with E-state index in [1.165, 1.54) is 0 Å². The molecule has 0 aromatic rings. The third kappa shape index (κ3) is 10.9. The zero-order valence-corrected chi connectivity index (χ0v) is 7.85. The Bertz CT molecular complexity index is 168. The summed E-state index contributed by atoms with van der Waals surface area (Å²) >= 11 is 0. The van der Waals surface area contributed by atoms with Crippen LogP contribution in [0.4, 0.5) is 0 Å². The number of carbonyl (C=O) groups excluding carboxylic acids is 1. The molecule has 0 unspecified atom stereocenters. The molecule has 0 aliphatic carbocycles. The van der Waals surface area contributed by atoms with E-state index in [-0.39, 0.29) is 5.92 Å². The highest BCUT2D eigenvalue weighted by Gasteiger charge is 2.14. The molecule has 0 rings (SSSR count). The fraction of sp³-hybridized carbons (Fsp3) is 0.714. The van der Waals surface area contributed by atoms with Gasteiger partial charge in [0.25, 0.3) is 0 Å². The van der Waals surface area contributed by atoms with E-state index < -0.39 is 18.0 Å². The van der Waals surface area contributed by atoms with E-state index >= 15 is 0 Å². The first-order valence-electron chi connectivity index (χ1n) is 3.63. The van der Waals surface area contributed by atoms with Crippen LogP contribution in [0.5, 0.6) is 0 Å². The Morgan fingerprint density at radius 3 is 1.69 bits per heavy atom. The van der Waals surface area contributed by atoms with E-state index in [9.17, 15) is 9.59 Å². The number of nitrogens with two attached hydrogens (primary N) is 1. The fourth-order valence-electron chi connectivity index (χ4n) is 0.285. The standard InChI is InChI=1S/C5H11NO2.C2H4O3/c1-3(2)4(6)5(7)8;1-2(3)5-4/h3-4H,6H2,1-2H3,(H,7,8);4H,1H3/t4-;/m0./s1. The SMILES string of the molecule is CC(=O)OO.CC(C)[C@H](N)C(=O)O. The first-order chi connectivity index (χ1) is 5.82. The van der Waals surface area contributed by atoms with Gasteiger partial charge in [-0.3, -0.25) is 4.79 Å². The molecule has 0 radical (unpaired) electrons. The van der Waals surface area contributed by atoms with Gasteiger partial charge in [-0.25, -0.2) is 4.79 Å². The maximum Gasteiger partial charge on any atom is 0.339 e. The molecule has 0 amide bonds. The Labute approximate surface area is 76.2 Å². The van der Waals surface area contributed by atoms with Crippen LogP contribution in [0.25, 0.3) is 0 Å². The monoisotopic (exact) mass is 193 g/mol. The molecule has 0 aromatic heterocycles. The van der Waals surface area contributed by atoms with Gasteiger partial charge < -0.3 is 15.7 Å². The lowest BCUT2D eigenvalue weighted by Crippen LogP contribution is -2.34. The second-order valence-corrected chi connectivity index (χ2v) is 2.69. The molecular weight excluding hydrogens is 178 g/mol. The molecule has 0 spiro atoms. The van der Waals surface area contributed by atoms with Gasteiger partial charge in [0.05, 0.1) is 0 Å². The first-order valence-corrected chi connectivity index (χ1v) is 3.63. The Hall–Kier alpha value is -1.14. The molecule has 6 nitrogen and oxygen atoms in total. The van der Waals surface area contributed by atoms with E-state index in [0.717, 1.165) is 6.92 Å². The Kier molecular flexibility index (Phi) is 8.31. The van der Waals surface area contributed by atoms with Crippen molar-refractivity contribution in [1.82, 2.24) is 0 Å².